The van der Waals surface area contributed by atoms with Crippen LogP contribution in [0.25, 0.3) is 0 Å². The smallest absolute Gasteiger partial charge is 0.237 e. The van der Waals surface area contributed by atoms with Gasteiger partial charge >= 0.3 is 0 Å². The van der Waals surface area contributed by atoms with Gasteiger partial charge in [-0.1, -0.05) is 19.9 Å². The van der Waals surface area contributed by atoms with E-state index in [1.165, 1.54) is 0 Å². The fourth-order valence-electron chi connectivity index (χ4n) is 1.87. The van der Waals surface area contributed by atoms with Crippen LogP contribution >= 0.6 is 0 Å². The van der Waals surface area contributed by atoms with E-state index in [1.54, 1.807) is 6.20 Å². The van der Waals surface area contributed by atoms with Crippen molar-refractivity contribution in [3.63, 3.8) is 0 Å². The molecule has 0 saturated heterocycles. The lowest BCUT2D eigenvalue weighted by Crippen LogP contribution is -2.46. The summed E-state index contributed by atoms with van der Waals surface area (Å²) in [6.45, 7) is 6.84. The van der Waals surface area contributed by atoms with Gasteiger partial charge in [0, 0.05) is 30.9 Å². The van der Waals surface area contributed by atoms with Gasteiger partial charge in [-0.2, -0.15) is 0 Å². The Morgan fingerprint density at radius 1 is 1.32 bits per heavy atom. The van der Waals surface area contributed by atoms with Gasteiger partial charge in [0.15, 0.2) is 0 Å². The Morgan fingerprint density at radius 2 is 2.05 bits per heavy atom. The van der Waals surface area contributed by atoms with E-state index in [0.29, 0.717) is 0 Å². The number of carbonyl (C=O) groups excluding carboxylic acids is 1. The van der Waals surface area contributed by atoms with Crippen LogP contribution in [-0.2, 0) is 11.2 Å². The molecule has 1 unspecified atom stereocenters. The minimum absolute atomic E-state index is 0.0784. The van der Waals surface area contributed by atoms with Crippen molar-refractivity contribution in [1.29, 1.82) is 0 Å². The lowest BCUT2D eigenvalue weighted by molar-refractivity contribution is -0.123. The summed E-state index contributed by atoms with van der Waals surface area (Å²) in [5.41, 5.74) is 1.04. The predicted molar refractivity (Wildman–Crippen MR) is 77.9 cm³/mol. The highest BCUT2D eigenvalue weighted by Gasteiger charge is 2.14. The van der Waals surface area contributed by atoms with Crippen LogP contribution in [0.2, 0.25) is 0 Å². The lowest BCUT2D eigenvalue weighted by Gasteiger charge is -2.19. The van der Waals surface area contributed by atoms with Gasteiger partial charge in [-0.3, -0.25) is 9.78 Å². The van der Waals surface area contributed by atoms with Crippen molar-refractivity contribution < 1.29 is 4.79 Å². The van der Waals surface area contributed by atoms with Crippen LogP contribution in [0.5, 0.6) is 0 Å². The maximum atomic E-state index is 11.9. The van der Waals surface area contributed by atoms with Crippen LogP contribution in [0.15, 0.2) is 24.4 Å². The van der Waals surface area contributed by atoms with Gasteiger partial charge in [0.1, 0.15) is 0 Å². The SMILES string of the molecule is CCC(CC)NC(=O)C(C)NCCc1ccccn1. The number of amides is 1. The summed E-state index contributed by atoms with van der Waals surface area (Å²) in [7, 11) is 0. The van der Waals surface area contributed by atoms with E-state index in [2.05, 4.69) is 29.5 Å². The molecule has 0 aromatic carbocycles. The van der Waals surface area contributed by atoms with E-state index in [4.69, 9.17) is 0 Å². The molecular formula is C15H25N3O. The standard InChI is InChI=1S/C15H25N3O/c1-4-13(5-2)18-15(19)12(3)16-11-9-14-8-6-7-10-17-14/h6-8,10,12-13,16H,4-5,9,11H2,1-3H3,(H,18,19). The summed E-state index contributed by atoms with van der Waals surface area (Å²) in [6.07, 6.45) is 4.58. The van der Waals surface area contributed by atoms with Gasteiger partial charge in [-0.15, -0.1) is 0 Å². The molecule has 0 aliphatic carbocycles. The summed E-state index contributed by atoms with van der Waals surface area (Å²) in [5.74, 6) is 0.0784. The van der Waals surface area contributed by atoms with Crippen LogP contribution in [0.3, 0.4) is 0 Å². The van der Waals surface area contributed by atoms with Crippen molar-refractivity contribution in [1.82, 2.24) is 15.6 Å². The zero-order valence-electron chi connectivity index (χ0n) is 12.1. The minimum atomic E-state index is -0.163. The zero-order valence-corrected chi connectivity index (χ0v) is 12.1. The van der Waals surface area contributed by atoms with Crippen molar-refractivity contribution in [3.8, 4) is 0 Å². The van der Waals surface area contributed by atoms with E-state index in [0.717, 1.165) is 31.5 Å². The Hall–Kier alpha value is -1.42. The third-order valence-electron chi connectivity index (χ3n) is 3.28. The fraction of sp³-hybridized carbons (Fsp3) is 0.600. The van der Waals surface area contributed by atoms with E-state index >= 15 is 0 Å². The molecule has 1 rings (SSSR count). The molecule has 19 heavy (non-hydrogen) atoms. The molecule has 1 amide bonds. The van der Waals surface area contributed by atoms with Crippen LogP contribution in [0.4, 0.5) is 0 Å². The second-order valence-electron chi connectivity index (χ2n) is 4.77. The lowest BCUT2D eigenvalue weighted by atomic mass is 10.1. The van der Waals surface area contributed by atoms with Crippen molar-refractivity contribution in [2.24, 2.45) is 0 Å². The molecule has 1 heterocycles. The van der Waals surface area contributed by atoms with Crippen LogP contribution < -0.4 is 10.6 Å². The summed E-state index contributed by atoms with van der Waals surface area (Å²) in [5, 5.41) is 6.28. The van der Waals surface area contributed by atoms with Crippen LogP contribution in [-0.4, -0.2) is 29.5 Å². The maximum absolute atomic E-state index is 11.9. The van der Waals surface area contributed by atoms with Gasteiger partial charge in [-0.25, -0.2) is 0 Å². The van der Waals surface area contributed by atoms with Gasteiger partial charge in [0.25, 0.3) is 0 Å². The highest BCUT2D eigenvalue weighted by molar-refractivity contribution is 5.81. The number of hydrogen-bond donors (Lipinski definition) is 2. The fourth-order valence-corrected chi connectivity index (χ4v) is 1.87. The summed E-state index contributed by atoms with van der Waals surface area (Å²) >= 11 is 0. The van der Waals surface area contributed by atoms with Gasteiger partial charge in [0.05, 0.1) is 6.04 Å². The number of rotatable bonds is 8. The molecular weight excluding hydrogens is 238 g/mol. The molecule has 106 valence electrons. The third kappa shape index (κ3) is 5.83. The molecule has 0 bridgehead atoms. The van der Waals surface area contributed by atoms with Crippen LogP contribution in [0.1, 0.15) is 39.3 Å². The number of pyridine rings is 1. The first-order valence-electron chi connectivity index (χ1n) is 7.11. The summed E-state index contributed by atoms with van der Waals surface area (Å²) in [4.78, 5) is 16.2. The van der Waals surface area contributed by atoms with Crippen molar-refractivity contribution in [2.75, 3.05) is 6.54 Å². The third-order valence-corrected chi connectivity index (χ3v) is 3.28. The van der Waals surface area contributed by atoms with Gasteiger partial charge in [-0.05, 0) is 31.9 Å². The quantitative estimate of drug-likeness (QED) is 0.753. The molecule has 2 N–H and O–H groups in total. The first-order chi connectivity index (χ1) is 9.17. The molecule has 1 aromatic heterocycles. The van der Waals surface area contributed by atoms with E-state index in [-0.39, 0.29) is 18.0 Å². The van der Waals surface area contributed by atoms with Gasteiger partial charge < -0.3 is 10.6 Å². The number of nitrogens with zero attached hydrogens (tertiary/aromatic N) is 1. The van der Waals surface area contributed by atoms with E-state index in [9.17, 15) is 4.79 Å². The van der Waals surface area contributed by atoms with Crippen molar-refractivity contribution in [3.05, 3.63) is 30.1 Å². The first-order valence-corrected chi connectivity index (χ1v) is 7.11. The second kappa shape index (κ2) is 8.64. The maximum Gasteiger partial charge on any atom is 0.237 e. The number of nitrogens with one attached hydrogen (secondary N) is 2. The molecule has 0 fully saturated rings. The first kappa shape index (κ1) is 15.6. The average Bonchev–Trinajstić information content (AvgIpc) is 2.45. The Bertz CT molecular complexity index is 363. The summed E-state index contributed by atoms with van der Waals surface area (Å²) < 4.78 is 0. The van der Waals surface area contributed by atoms with E-state index in [1.807, 2.05) is 25.1 Å². The molecule has 1 aromatic rings. The molecule has 0 aliphatic rings. The van der Waals surface area contributed by atoms with Gasteiger partial charge in [0.2, 0.25) is 5.91 Å². The molecule has 0 radical (unpaired) electrons. The Kier molecular flexibility index (Phi) is 7.11. The van der Waals surface area contributed by atoms with Crippen molar-refractivity contribution >= 4 is 5.91 Å². The zero-order chi connectivity index (χ0) is 14.1. The largest absolute Gasteiger partial charge is 0.352 e. The number of carbonyl (C=O) groups is 1. The average molecular weight is 263 g/mol. The Morgan fingerprint density at radius 3 is 2.63 bits per heavy atom. The topological polar surface area (TPSA) is 54.0 Å². The molecule has 0 spiro atoms. The van der Waals surface area contributed by atoms with E-state index < -0.39 is 0 Å². The molecule has 1 atom stereocenters. The Labute approximate surface area is 116 Å². The summed E-state index contributed by atoms with van der Waals surface area (Å²) in [6, 6.07) is 6.00. The number of aromatic nitrogens is 1. The second-order valence-corrected chi connectivity index (χ2v) is 4.77. The van der Waals surface area contributed by atoms with Crippen LogP contribution in [0, 0.1) is 0 Å². The molecule has 0 aliphatic heterocycles. The molecule has 4 nitrogen and oxygen atoms in total. The van der Waals surface area contributed by atoms with Crippen molar-refractivity contribution in [2.45, 2.75) is 52.1 Å². The minimum Gasteiger partial charge on any atom is -0.352 e. The molecule has 4 heteroatoms. The number of hydrogen-bond acceptors (Lipinski definition) is 3. The predicted octanol–water partition coefficient (Wildman–Crippen LogP) is 1.91. The Balaban J connectivity index is 2.27. The molecule has 0 saturated carbocycles. The normalized spacial score (nSPS) is 12.4. The highest BCUT2D eigenvalue weighted by atomic mass is 16.2. The monoisotopic (exact) mass is 263 g/mol. The highest BCUT2D eigenvalue weighted by Crippen LogP contribution is 1.97.